The van der Waals surface area contributed by atoms with Crippen molar-refractivity contribution in [1.29, 1.82) is 0 Å². The molecule has 4 rings (SSSR count). The van der Waals surface area contributed by atoms with Crippen LogP contribution in [-0.2, 0) is 13.0 Å². The van der Waals surface area contributed by atoms with Crippen molar-refractivity contribution in [2.45, 2.75) is 13.0 Å². The van der Waals surface area contributed by atoms with E-state index in [1.807, 2.05) is 0 Å². The smallest absolute Gasteiger partial charge is 0.254 e. The number of fused-ring (bicyclic) bond motifs is 1. The fourth-order valence-electron chi connectivity index (χ4n) is 3.01. The molecule has 8 heteroatoms. The van der Waals surface area contributed by atoms with Crippen molar-refractivity contribution in [3.05, 3.63) is 58.5 Å². The topological polar surface area (TPSA) is 99.7 Å². The normalized spacial score (nSPS) is 13.5. The van der Waals surface area contributed by atoms with Gasteiger partial charge in [-0.25, -0.2) is 0 Å². The van der Waals surface area contributed by atoms with E-state index >= 15 is 0 Å². The van der Waals surface area contributed by atoms with Crippen LogP contribution < -0.4 is 0 Å². The lowest BCUT2D eigenvalue weighted by Gasteiger charge is -2.26. The number of aromatic hydroxyl groups is 2. The molecule has 1 aliphatic heterocycles. The quantitative estimate of drug-likeness (QED) is 0.718. The average Bonchev–Trinajstić information content (AvgIpc) is 3.08. The van der Waals surface area contributed by atoms with Gasteiger partial charge in [0, 0.05) is 42.6 Å². The minimum absolute atomic E-state index is 0.0866. The van der Waals surface area contributed by atoms with Crippen LogP contribution in [0.1, 0.15) is 21.6 Å². The number of aromatic nitrogens is 2. The molecule has 132 valence electrons. The number of phenols is 2. The van der Waals surface area contributed by atoms with Crippen LogP contribution in [-0.4, -0.2) is 37.7 Å². The maximum atomic E-state index is 12.7. The molecule has 0 fully saturated rings. The Labute approximate surface area is 153 Å². The Bertz CT molecular complexity index is 988. The molecule has 3 heterocycles. The number of phenolic OH excluding ortho intramolecular Hbond substituents is 2. The van der Waals surface area contributed by atoms with Crippen molar-refractivity contribution >= 4 is 17.5 Å². The molecule has 0 bridgehead atoms. The van der Waals surface area contributed by atoms with Crippen LogP contribution in [0.25, 0.3) is 11.3 Å². The first kappa shape index (κ1) is 16.4. The summed E-state index contributed by atoms with van der Waals surface area (Å²) in [5.74, 6) is -0.177. The molecule has 0 saturated carbocycles. The van der Waals surface area contributed by atoms with Gasteiger partial charge in [0.25, 0.3) is 5.91 Å². The summed E-state index contributed by atoms with van der Waals surface area (Å²) in [6.07, 6.45) is 3.69. The van der Waals surface area contributed by atoms with Gasteiger partial charge in [0.2, 0.25) is 0 Å². The van der Waals surface area contributed by atoms with Gasteiger partial charge in [-0.3, -0.25) is 9.78 Å². The minimum Gasteiger partial charge on any atom is -0.507 e. The van der Waals surface area contributed by atoms with E-state index in [2.05, 4.69) is 10.1 Å². The van der Waals surface area contributed by atoms with Gasteiger partial charge in [0.15, 0.2) is 5.76 Å². The highest BCUT2D eigenvalue weighted by Gasteiger charge is 2.29. The number of nitrogens with zero attached hydrogens (tertiary/aromatic N) is 3. The third kappa shape index (κ3) is 2.76. The minimum atomic E-state index is -0.226. The zero-order valence-corrected chi connectivity index (χ0v) is 14.3. The number of carbonyl (C=O) groups excluding carboxylic acids is 1. The van der Waals surface area contributed by atoms with Crippen molar-refractivity contribution < 1.29 is 19.5 Å². The maximum absolute atomic E-state index is 12.7. The summed E-state index contributed by atoms with van der Waals surface area (Å²) in [5.41, 5.74) is 2.33. The molecule has 0 aliphatic carbocycles. The molecule has 2 aromatic heterocycles. The Morgan fingerprint density at radius 3 is 2.73 bits per heavy atom. The van der Waals surface area contributed by atoms with E-state index in [0.717, 1.165) is 17.3 Å². The van der Waals surface area contributed by atoms with E-state index in [9.17, 15) is 15.0 Å². The van der Waals surface area contributed by atoms with Crippen LogP contribution in [0, 0.1) is 0 Å². The second-order valence-electron chi connectivity index (χ2n) is 5.97. The second-order valence-corrected chi connectivity index (χ2v) is 6.38. The van der Waals surface area contributed by atoms with Crippen LogP contribution in [0.3, 0.4) is 0 Å². The number of hydrogen-bond donors (Lipinski definition) is 2. The predicted molar refractivity (Wildman–Crippen MR) is 93.0 cm³/mol. The molecule has 0 unspecified atom stereocenters. The Morgan fingerprint density at radius 1 is 1.19 bits per heavy atom. The number of hydrogen-bond acceptors (Lipinski definition) is 6. The summed E-state index contributed by atoms with van der Waals surface area (Å²) >= 11 is 5.95. The van der Waals surface area contributed by atoms with Crippen molar-refractivity contribution in [3.8, 4) is 22.8 Å². The zero-order valence-electron chi connectivity index (χ0n) is 13.5. The summed E-state index contributed by atoms with van der Waals surface area (Å²) in [6.45, 7) is 0.815. The number of rotatable bonds is 2. The van der Waals surface area contributed by atoms with Gasteiger partial charge in [-0.05, 0) is 18.2 Å². The van der Waals surface area contributed by atoms with Crippen molar-refractivity contribution in [2.75, 3.05) is 6.54 Å². The van der Waals surface area contributed by atoms with Gasteiger partial charge in [0.05, 0.1) is 22.8 Å². The van der Waals surface area contributed by atoms with Gasteiger partial charge in [-0.1, -0.05) is 16.8 Å². The first-order chi connectivity index (χ1) is 12.5. The van der Waals surface area contributed by atoms with Crippen LogP contribution in [0.2, 0.25) is 5.02 Å². The summed E-state index contributed by atoms with van der Waals surface area (Å²) in [7, 11) is 0. The Kier molecular flexibility index (Phi) is 4.00. The van der Waals surface area contributed by atoms with Gasteiger partial charge >= 0.3 is 0 Å². The monoisotopic (exact) mass is 371 g/mol. The summed E-state index contributed by atoms with van der Waals surface area (Å²) < 4.78 is 5.41. The van der Waals surface area contributed by atoms with Crippen LogP contribution in [0.4, 0.5) is 0 Å². The number of pyridine rings is 1. The molecule has 1 aromatic carbocycles. The fourth-order valence-corrected chi connectivity index (χ4v) is 3.17. The standard InChI is InChI=1S/C18H14ClN3O4/c19-13-7-11(15(23)8-16(13)24)17-12-9-22(6-3-14(12)21-26-17)18(25)10-1-4-20-5-2-10/h1-2,4-5,7-8,23-24H,3,6,9H2. The van der Waals surface area contributed by atoms with Crippen LogP contribution in [0.15, 0.2) is 41.2 Å². The van der Waals surface area contributed by atoms with Crippen LogP contribution in [0.5, 0.6) is 11.5 Å². The van der Waals surface area contributed by atoms with Crippen molar-refractivity contribution in [1.82, 2.24) is 15.0 Å². The predicted octanol–water partition coefficient (Wildman–Crippen LogP) is 3.00. The third-order valence-electron chi connectivity index (χ3n) is 4.36. The highest BCUT2D eigenvalue weighted by molar-refractivity contribution is 6.32. The molecule has 1 aliphatic rings. The molecule has 3 aromatic rings. The van der Waals surface area contributed by atoms with Crippen LogP contribution >= 0.6 is 11.6 Å². The first-order valence-electron chi connectivity index (χ1n) is 7.93. The molecule has 0 atom stereocenters. The lowest BCUT2D eigenvalue weighted by molar-refractivity contribution is 0.0734. The van der Waals surface area contributed by atoms with Gasteiger partial charge < -0.3 is 19.6 Å². The van der Waals surface area contributed by atoms with E-state index in [1.165, 1.54) is 6.07 Å². The molecule has 0 radical (unpaired) electrons. The van der Waals surface area contributed by atoms with E-state index in [-0.39, 0.29) is 22.4 Å². The maximum Gasteiger partial charge on any atom is 0.254 e. The molecular weight excluding hydrogens is 358 g/mol. The SMILES string of the molecule is O=C(c1ccncc1)N1CCc2noc(-c3cc(Cl)c(O)cc3O)c2C1. The lowest BCUT2D eigenvalue weighted by atomic mass is 10.00. The molecular formula is C18H14ClN3O4. The van der Waals surface area contributed by atoms with E-state index in [0.29, 0.717) is 36.4 Å². The molecule has 26 heavy (non-hydrogen) atoms. The summed E-state index contributed by atoms with van der Waals surface area (Å²) in [5, 5.41) is 23.9. The van der Waals surface area contributed by atoms with E-state index in [1.54, 1.807) is 29.4 Å². The van der Waals surface area contributed by atoms with Crippen molar-refractivity contribution in [2.24, 2.45) is 0 Å². The Morgan fingerprint density at radius 2 is 1.96 bits per heavy atom. The Balaban J connectivity index is 1.69. The Hall–Kier alpha value is -3.06. The highest BCUT2D eigenvalue weighted by atomic mass is 35.5. The average molecular weight is 372 g/mol. The second kappa shape index (κ2) is 6.34. The molecule has 7 nitrogen and oxygen atoms in total. The molecule has 0 saturated heterocycles. The number of benzene rings is 1. The molecule has 1 amide bonds. The van der Waals surface area contributed by atoms with E-state index < -0.39 is 0 Å². The van der Waals surface area contributed by atoms with Gasteiger partial charge in [0.1, 0.15) is 11.5 Å². The zero-order chi connectivity index (χ0) is 18.3. The van der Waals surface area contributed by atoms with Gasteiger partial charge in [-0.15, -0.1) is 0 Å². The fraction of sp³-hybridized carbons (Fsp3) is 0.167. The number of carbonyl (C=O) groups is 1. The third-order valence-corrected chi connectivity index (χ3v) is 4.66. The lowest BCUT2D eigenvalue weighted by Crippen LogP contribution is -2.35. The number of amides is 1. The molecule has 0 spiro atoms. The van der Waals surface area contributed by atoms with E-state index in [4.69, 9.17) is 16.1 Å². The molecule has 2 N–H and O–H groups in total. The van der Waals surface area contributed by atoms with Crippen molar-refractivity contribution in [3.63, 3.8) is 0 Å². The number of halogens is 1. The summed E-state index contributed by atoms with van der Waals surface area (Å²) in [6, 6.07) is 5.89. The summed E-state index contributed by atoms with van der Waals surface area (Å²) in [4.78, 5) is 18.3. The first-order valence-corrected chi connectivity index (χ1v) is 8.31. The van der Waals surface area contributed by atoms with Gasteiger partial charge in [-0.2, -0.15) is 0 Å². The highest BCUT2D eigenvalue weighted by Crippen LogP contribution is 2.40. The largest absolute Gasteiger partial charge is 0.507 e.